The molecule has 3 nitrogen and oxygen atoms in total. The molecular weight excluding hydrogens is 224 g/mol. The van der Waals surface area contributed by atoms with Crippen LogP contribution in [0.15, 0.2) is 0 Å². The van der Waals surface area contributed by atoms with E-state index in [1.807, 2.05) is 0 Å². The largest absolute Gasteiger partial charge is 0.381 e. The fraction of sp³-hybridized carbons (Fsp3) is 1.00. The first kappa shape index (κ1) is 14.3. The Morgan fingerprint density at radius 2 is 1.94 bits per heavy atom. The number of hydrogen-bond donors (Lipinski definition) is 1. The molecule has 2 fully saturated rings. The second kappa shape index (κ2) is 7.46. The zero-order chi connectivity index (χ0) is 12.8. The van der Waals surface area contributed by atoms with E-state index in [0.717, 1.165) is 25.2 Å². The van der Waals surface area contributed by atoms with Crippen LogP contribution in [0, 0.1) is 5.92 Å². The van der Waals surface area contributed by atoms with Crippen molar-refractivity contribution in [3.8, 4) is 0 Å². The van der Waals surface area contributed by atoms with Gasteiger partial charge in [0.1, 0.15) is 0 Å². The lowest BCUT2D eigenvalue weighted by Crippen LogP contribution is -2.48. The van der Waals surface area contributed by atoms with E-state index in [2.05, 4.69) is 24.1 Å². The van der Waals surface area contributed by atoms with E-state index < -0.39 is 0 Å². The van der Waals surface area contributed by atoms with E-state index in [9.17, 15) is 0 Å². The third-order valence-electron chi connectivity index (χ3n) is 4.34. The van der Waals surface area contributed by atoms with Crippen LogP contribution in [-0.2, 0) is 4.74 Å². The predicted octanol–water partition coefficient (Wildman–Crippen LogP) is 2.27. The lowest BCUT2D eigenvalue weighted by atomic mass is 9.95. The summed E-state index contributed by atoms with van der Waals surface area (Å²) in [5.41, 5.74) is 0. The van der Waals surface area contributed by atoms with Crippen LogP contribution in [0.2, 0.25) is 0 Å². The highest BCUT2D eigenvalue weighted by Gasteiger charge is 2.25. The van der Waals surface area contributed by atoms with Gasteiger partial charge in [-0.1, -0.05) is 20.3 Å². The summed E-state index contributed by atoms with van der Waals surface area (Å²) in [6.07, 6.45) is 6.71. The molecule has 0 spiro atoms. The van der Waals surface area contributed by atoms with E-state index in [0.29, 0.717) is 6.04 Å². The van der Waals surface area contributed by atoms with Crippen LogP contribution >= 0.6 is 0 Å². The van der Waals surface area contributed by atoms with Crippen molar-refractivity contribution in [2.24, 2.45) is 5.92 Å². The van der Waals surface area contributed by atoms with Gasteiger partial charge in [0.2, 0.25) is 0 Å². The van der Waals surface area contributed by atoms with Crippen LogP contribution in [0.5, 0.6) is 0 Å². The Morgan fingerprint density at radius 3 is 2.67 bits per heavy atom. The molecule has 0 saturated carbocycles. The molecule has 0 bridgehead atoms. The number of piperidine rings is 1. The van der Waals surface area contributed by atoms with Gasteiger partial charge in [-0.2, -0.15) is 0 Å². The molecule has 1 unspecified atom stereocenters. The predicted molar refractivity (Wildman–Crippen MR) is 75.9 cm³/mol. The average Bonchev–Trinajstić information content (AvgIpc) is 2.39. The average molecular weight is 254 g/mol. The van der Waals surface area contributed by atoms with Crippen molar-refractivity contribution in [1.82, 2.24) is 10.2 Å². The molecular formula is C15H30N2O. The zero-order valence-electron chi connectivity index (χ0n) is 12.2. The highest BCUT2D eigenvalue weighted by molar-refractivity contribution is 4.81. The summed E-state index contributed by atoms with van der Waals surface area (Å²) in [7, 11) is 0. The number of nitrogens with one attached hydrogen (secondary N) is 1. The summed E-state index contributed by atoms with van der Waals surface area (Å²) >= 11 is 0. The molecule has 0 aromatic rings. The van der Waals surface area contributed by atoms with E-state index in [1.165, 1.54) is 51.7 Å². The summed E-state index contributed by atoms with van der Waals surface area (Å²) < 4.78 is 5.46. The summed E-state index contributed by atoms with van der Waals surface area (Å²) in [5.74, 6) is 0.874. The zero-order valence-corrected chi connectivity index (χ0v) is 12.2. The van der Waals surface area contributed by atoms with E-state index in [1.54, 1.807) is 0 Å². The quantitative estimate of drug-likeness (QED) is 0.814. The van der Waals surface area contributed by atoms with Crippen LogP contribution in [-0.4, -0.2) is 49.8 Å². The van der Waals surface area contributed by atoms with Crippen LogP contribution in [0.1, 0.15) is 46.0 Å². The van der Waals surface area contributed by atoms with Gasteiger partial charge in [-0.05, 0) is 38.1 Å². The maximum Gasteiger partial charge on any atom is 0.0469 e. The molecule has 0 aromatic carbocycles. The Bertz CT molecular complexity index is 227. The van der Waals surface area contributed by atoms with Crippen molar-refractivity contribution in [3.05, 3.63) is 0 Å². The normalized spacial score (nSPS) is 27.8. The molecule has 0 aliphatic carbocycles. The van der Waals surface area contributed by atoms with Crippen molar-refractivity contribution < 1.29 is 4.74 Å². The standard InChI is InChI=1S/C15H30N2O/c1-13(2)16-11-15-5-3-4-8-17(15)12-14-6-9-18-10-7-14/h13-16H,3-12H2,1-2H3. The monoisotopic (exact) mass is 254 g/mol. The van der Waals surface area contributed by atoms with Gasteiger partial charge in [-0.25, -0.2) is 0 Å². The van der Waals surface area contributed by atoms with Crippen molar-refractivity contribution in [2.45, 2.75) is 58.0 Å². The van der Waals surface area contributed by atoms with Gasteiger partial charge in [0, 0.05) is 38.4 Å². The Balaban J connectivity index is 1.78. The van der Waals surface area contributed by atoms with Crippen molar-refractivity contribution in [2.75, 3.05) is 32.8 Å². The summed E-state index contributed by atoms with van der Waals surface area (Å²) in [6, 6.07) is 1.38. The van der Waals surface area contributed by atoms with Crippen molar-refractivity contribution in [1.29, 1.82) is 0 Å². The van der Waals surface area contributed by atoms with E-state index >= 15 is 0 Å². The number of ether oxygens (including phenoxy) is 1. The van der Waals surface area contributed by atoms with Crippen LogP contribution < -0.4 is 5.32 Å². The molecule has 106 valence electrons. The lowest BCUT2D eigenvalue weighted by Gasteiger charge is -2.39. The first-order chi connectivity index (χ1) is 8.75. The van der Waals surface area contributed by atoms with Crippen LogP contribution in [0.4, 0.5) is 0 Å². The molecule has 0 amide bonds. The highest BCUT2D eigenvalue weighted by atomic mass is 16.5. The number of nitrogens with zero attached hydrogens (tertiary/aromatic N) is 1. The molecule has 2 saturated heterocycles. The van der Waals surface area contributed by atoms with Gasteiger partial charge in [0.05, 0.1) is 0 Å². The molecule has 3 heteroatoms. The Morgan fingerprint density at radius 1 is 1.17 bits per heavy atom. The number of rotatable bonds is 5. The van der Waals surface area contributed by atoms with Crippen molar-refractivity contribution >= 4 is 0 Å². The van der Waals surface area contributed by atoms with E-state index in [-0.39, 0.29) is 0 Å². The molecule has 2 aliphatic heterocycles. The first-order valence-corrected chi connectivity index (χ1v) is 7.81. The SMILES string of the molecule is CC(C)NCC1CCCCN1CC1CCOCC1. The summed E-state index contributed by atoms with van der Waals surface area (Å²) in [4.78, 5) is 2.74. The van der Waals surface area contributed by atoms with Crippen LogP contribution in [0.25, 0.3) is 0 Å². The third-order valence-corrected chi connectivity index (χ3v) is 4.34. The fourth-order valence-corrected chi connectivity index (χ4v) is 3.16. The second-order valence-electron chi connectivity index (χ2n) is 6.26. The number of likely N-dealkylation sites (tertiary alicyclic amines) is 1. The lowest BCUT2D eigenvalue weighted by molar-refractivity contribution is 0.0383. The molecule has 0 radical (unpaired) electrons. The topological polar surface area (TPSA) is 24.5 Å². The first-order valence-electron chi connectivity index (χ1n) is 7.81. The molecule has 18 heavy (non-hydrogen) atoms. The second-order valence-corrected chi connectivity index (χ2v) is 6.26. The fourth-order valence-electron chi connectivity index (χ4n) is 3.16. The Kier molecular flexibility index (Phi) is 5.93. The maximum atomic E-state index is 5.46. The summed E-state index contributed by atoms with van der Waals surface area (Å²) in [6.45, 7) is 10.2. The molecule has 1 N–H and O–H groups in total. The molecule has 0 aromatic heterocycles. The van der Waals surface area contributed by atoms with E-state index in [4.69, 9.17) is 4.74 Å². The number of hydrogen-bond acceptors (Lipinski definition) is 3. The minimum Gasteiger partial charge on any atom is -0.381 e. The van der Waals surface area contributed by atoms with Gasteiger partial charge in [0.25, 0.3) is 0 Å². The van der Waals surface area contributed by atoms with Gasteiger partial charge in [0.15, 0.2) is 0 Å². The highest BCUT2D eigenvalue weighted by Crippen LogP contribution is 2.22. The van der Waals surface area contributed by atoms with Crippen molar-refractivity contribution in [3.63, 3.8) is 0 Å². The molecule has 2 aliphatic rings. The summed E-state index contributed by atoms with van der Waals surface area (Å²) in [5, 5.41) is 3.62. The molecule has 1 atom stereocenters. The molecule has 2 rings (SSSR count). The third kappa shape index (κ3) is 4.52. The Hall–Kier alpha value is -0.120. The van der Waals surface area contributed by atoms with Gasteiger partial charge >= 0.3 is 0 Å². The van der Waals surface area contributed by atoms with Gasteiger partial charge in [-0.15, -0.1) is 0 Å². The minimum atomic E-state index is 0.608. The van der Waals surface area contributed by atoms with Gasteiger partial charge in [-0.3, -0.25) is 4.90 Å². The van der Waals surface area contributed by atoms with Gasteiger partial charge < -0.3 is 10.1 Å². The minimum absolute atomic E-state index is 0.608. The smallest absolute Gasteiger partial charge is 0.0469 e. The van der Waals surface area contributed by atoms with Crippen LogP contribution in [0.3, 0.4) is 0 Å². The molecule has 2 heterocycles. The Labute approximate surface area is 112 Å². The maximum absolute atomic E-state index is 5.46.